The van der Waals surface area contributed by atoms with Crippen molar-refractivity contribution in [2.75, 3.05) is 6.54 Å². The maximum absolute atomic E-state index is 12.6. The van der Waals surface area contributed by atoms with Crippen LogP contribution in [0.4, 0.5) is 0 Å². The molecule has 0 rings (SSSR count). The van der Waals surface area contributed by atoms with Crippen LogP contribution < -0.4 is 27.4 Å². The summed E-state index contributed by atoms with van der Waals surface area (Å²) in [5.74, 6) is -6.14. The molecule has 0 saturated heterocycles. The third-order valence-corrected chi connectivity index (χ3v) is 3.84. The van der Waals surface area contributed by atoms with E-state index in [0.29, 0.717) is 0 Å². The van der Waals surface area contributed by atoms with E-state index < -0.39 is 66.5 Å². The minimum Gasteiger partial charge on any atom is -0.481 e. The Hall–Kier alpha value is -3.22. The van der Waals surface area contributed by atoms with E-state index in [0.717, 1.165) is 0 Å². The first-order chi connectivity index (χ1) is 13.9. The lowest BCUT2D eigenvalue weighted by Gasteiger charge is -2.24. The maximum Gasteiger partial charge on any atom is 0.326 e. The van der Waals surface area contributed by atoms with E-state index in [1.54, 1.807) is 13.8 Å². The smallest absolute Gasteiger partial charge is 0.326 e. The van der Waals surface area contributed by atoms with Gasteiger partial charge in [-0.15, -0.1) is 0 Å². The van der Waals surface area contributed by atoms with Crippen LogP contribution in [0.15, 0.2) is 0 Å². The van der Waals surface area contributed by atoms with Gasteiger partial charge in [-0.05, 0) is 18.8 Å². The van der Waals surface area contributed by atoms with Gasteiger partial charge in [-0.3, -0.25) is 24.0 Å². The zero-order valence-electron chi connectivity index (χ0n) is 16.8. The van der Waals surface area contributed by atoms with Crippen LogP contribution in [0.25, 0.3) is 0 Å². The summed E-state index contributed by atoms with van der Waals surface area (Å²) in [5.41, 5.74) is 10.2. The van der Waals surface area contributed by atoms with Crippen molar-refractivity contribution < 1.29 is 39.0 Å². The summed E-state index contributed by atoms with van der Waals surface area (Å²) in [6.45, 7) is 3.23. The lowest BCUT2D eigenvalue weighted by Crippen LogP contribution is -2.56. The summed E-state index contributed by atoms with van der Waals surface area (Å²) in [6.07, 6.45) is -1.33. The number of nitrogens with one attached hydrogen (secondary N) is 3. The van der Waals surface area contributed by atoms with Crippen molar-refractivity contribution in [2.45, 2.75) is 57.7 Å². The molecule has 0 aromatic rings. The molecular formula is C17H29N5O8. The van der Waals surface area contributed by atoms with Crippen molar-refractivity contribution in [3.05, 3.63) is 0 Å². The minimum absolute atomic E-state index is 0.0166. The van der Waals surface area contributed by atoms with E-state index in [1.807, 2.05) is 0 Å². The fourth-order valence-corrected chi connectivity index (χ4v) is 2.44. The Morgan fingerprint density at radius 3 is 1.83 bits per heavy atom. The fraction of sp³-hybridized carbons (Fsp3) is 0.647. The number of rotatable bonds is 14. The van der Waals surface area contributed by atoms with Crippen molar-refractivity contribution in [3.8, 4) is 0 Å². The zero-order valence-corrected chi connectivity index (χ0v) is 16.8. The normalized spacial score (nSPS) is 13.6. The van der Waals surface area contributed by atoms with Crippen LogP contribution >= 0.6 is 0 Å². The van der Waals surface area contributed by atoms with Crippen LogP contribution in [0, 0.1) is 5.92 Å². The number of carbonyl (C=O) groups excluding carboxylic acids is 4. The van der Waals surface area contributed by atoms with Crippen molar-refractivity contribution in [1.29, 1.82) is 0 Å². The molecule has 0 saturated carbocycles. The molecule has 13 nitrogen and oxygen atoms in total. The molecule has 3 atom stereocenters. The molecule has 0 radical (unpaired) electrons. The van der Waals surface area contributed by atoms with Crippen LogP contribution in [0.1, 0.15) is 39.5 Å². The van der Waals surface area contributed by atoms with E-state index in [2.05, 4.69) is 16.0 Å². The lowest BCUT2D eigenvalue weighted by atomic mass is 10.0. The van der Waals surface area contributed by atoms with E-state index in [-0.39, 0.29) is 25.3 Å². The summed E-state index contributed by atoms with van der Waals surface area (Å²) < 4.78 is 0. The van der Waals surface area contributed by atoms with Gasteiger partial charge in [0.05, 0.1) is 13.0 Å². The first kappa shape index (κ1) is 26.8. The molecule has 9 N–H and O–H groups in total. The van der Waals surface area contributed by atoms with Gasteiger partial charge in [0.25, 0.3) is 0 Å². The zero-order chi connectivity index (χ0) is 23.4. The van der Waals surface area contributed by atoms with Gasteiger partial charge in [-0.1, -0.05) is 13.8 Å². The molecule has 3 unspecified atom stereocenters. The topological polar surface area (TPSA) is 231 Å². The average Bonchev–Trinajstić information content (AvgIpc) is 2.62. The molecule has 0 spiro atoms. The minimum atomic E-state index is -1.65. The Kier molecular flexibility index (Phi) is 11.7. The van der Waals surface area contributed by atoms with Gasteiger partial charge in [0.1, 0.15) is 18.1 Å². The molecule has 0 aromatic carbocycles. The number of carboxylic acids is 2. The highest BCUT2D eigenvalue weighted by Gasteiger charge is 2.30. The Balaban J connectivity index is 5.45. The monoisotopic (exact) mass is 431 g/mol. The van der Waals surface area contributed by atoms with Crippen LogP contribution in [-0.4, -0.2) is 70.5 Å². The predicted octanol–water partition coefficient (Wildman–Crippen LogP) is -2.73. The lowest BCUT2D eigenvalue weighted by molar-refractivity contribution is -0.144. The van der Waals surface area contributed by atoms with E-state index >= 15 is 0 Å². The number of carbonyl (C=O) groups is 6. The number of carboxylic acid groups (broad SMARTS) is 2. The maximum atomic E-state index is 12.6. The molecule has 0 bridgehead atoms. The van der Waals surface area contributed by atoms with Gasteiger partial charge in [-0.2, -0.15) is 0 Å². The molecule has 13 heteroatoms. The highest BCUT2D eigenvalue weighted by Crippen LogP contribution is 2.07. The summed E-state index contributed by atoms with van der Waals surface area (Å²) in [6, 6.07) is -4.11. The molecular weight excluding hydrogens is 402 g/mol. The molecule has 0 aromatic heterocycles. The van der Waals surface area contributed by atoms with Crippen LogP contribution in [0.5, 0.6) is 0 Å². The molecule has 0 fully saturated rings. The Bertz CT molecular complexity index is 667. The molecule has 0 aliphatic rings. The highest BCUT2D eigenvalue weighted by molar-refractivity contribution is 5.94. The second-order valence-corrected chi connectivity index (χ2v) is 7.02. The summed E-state index contributed by atoms with van der Waals surface area (Å²) in [7, 11) is 0. The first-order valence-corrected chi connectivity index (χ1v) is 9.20. The van der Waals surface area contributed by atoms with E-state index in [4.69, 9.17) is 21.7 Å². The van der Waals surface area contributed by atoms with Gasteiger partial charge >= 0.3 is 11.9 Å². The molecule has 170 valence electrons. The number of aliphatic carboxylic acids is 2. The largest absolute Gasteiger partial charge is 0.481 e. The highest BCUT2D eigenvalue weighted by atomic mass is 16.4. The van der Waals surface area contributed by atoms with Crippen molar-refractivity contribution in [1.82, 2.24) is 16.0 Å². The third-order valence-electron chi connectivity index (χ3n) is 3.84. The quantitative estimate of drug-likeness (QED) is 0.151. The second kappa shape index (κ2) is 13.1. The van der Waals surface area contributed by atoms with Crippen LogP contribution in [-0.2, 0) is 28.8 Å². The first-order valence-electron chi connectivity index (χ1n) is 9.20. The van der Waals surface area contributed by atoms with Gasteiger partial charge < -0.3 is 37.6 Å². The number of nitrogens with two attached hydrogens (primary N) is 2. The Morgan fingerprint density at radius 2 is 1.40 bits per heavy atom. The number of hydrogen-bond acceptors (Lipinski definition) is 7. The SMILES string of the molecule is CC(C)CC(NC(=O)CN)C(=O)NC(CCC(=O)O)C(=O)NC(CC(N)=O)C(=O)O. The van der Waals surface area contributed by atoms with Crippen LogP contribution in [0.2, 0.25) is 0 Å². The third kappa shape index (κ3) is 10.9. The summed E-state index contributed by atoms with van der Waals surface area (Å²) in [5, 5.41) is 24.8. The predicted molar refractivity (Wildman–Crippen MR) is 103 cm³/mol. The van der Waals surface area contributed by atoms with Gasteiger partial charge in [-0.25, -0.2) is 4.79 Å². The molecule has 30 heavy (non-hydrogen) atoms. The van der Waals surface area contributed by atoms with Crippen LogP contribution in [0.3, 0.4) is 0 Å². The van der Waals surface area contributed by atoms with Crippen molar-refractivity contribution in [3.63, 3.8) is 0 Å². The van der Waals surface area contributed by atoms with E-state index in [9.17, 15) is 28.8 Å². The molecule has 0 aliphatic carbocycles. The number of hydrogen-bond donors (Lipinski definition) is 7. The standard InChI is InChI=1S/C17H29N5O8/c1-8(2)5-10(20-13(24)7-18)16(28)21-9(3-4-14(25)26)15(27)22-11(17(29)30)6-12(19)23/h8-11H,3-7,18H2,1-2H3,(H2,19,23)(H,20,24)(H,21,28)(H,22,27)(H,25,26)(H,29,30). The van der Waals surface area contributed by atoms with Gasteiger partial charge in [0.15, 0.2) is 0 Å². The number of amides is 4. The number of primary amides is 1. The summed E-state index contributed by atoms with van der Waals surface area (Å²) in [4.78, 5) is 69.7. The average molecular weight is 431 g/mol. The van der Waals surface area contributed by atoms with Gasteiger partial charge in [0.2, 0.25) is 23.6 Å². The molecule has 0 aliphatic heterocycles. The van der Waals surface area contributed by atoms with Crippen molar-refractivity contribution >= 4 is 35.6 Å². The van der Waals surface area contributed by atoms with Gasteiger partial charge in [0, 0.05) is 6.42 Å². The summed E-state index contributed by atoms with van der Waals surface area (Å²) >= 11 is 0. The molecule has 0 heterocycles. The van der Waals surface area contributed by atoms with E-state index in [1.165, 1.54) is 0 Å². The second-order valence-electron chi connectivity index (χ2n) is 7.02. The fourth-order valence-electron chi connectivity index (χ4n) is 2.44. The Morgan fingerprint density at radius 1 is 0.867 bits per heavy atom. The van der Waals surface area contributed by atoms with Crippen molar-refractivity contribution in [2.24, 2.45) is 17.4 Å². The molecule has 4 amide bonds. The Labute approximate surface area is 172 Å².